The van der Waals surface area contributed by atoms with E-state index in [4.69, 9.17) is 14.2 Å². The normalized spacial score (nSPS) is 11.9. The van der Waals surface area contributed by atoms with Crippen molar-refractivity contribution < 1.29 is 53.8 Å². The highest BCUT2D eigenvalue weighted by atomic mass is 16.5. The fourth-order valence-electron chi connectivity index (χ4n) is 4.69. The lowest BCUT2D eigenvalue weighted by Crippen LogP contribution is -2.43. The van der Waals surface area contributed by atoms with E-state index < -0.39 is 36.0 Å². The highest BCUT2D eigenvalue weighted by Gasteiger charge is 2.21. The summed E-state index contributed by atoms with van der Waals surface area (Å²) >= 11 is 0. The van der Waals surface area contributed by atoms with E-state index in [2.05, 4.69) is 10.5 Å². The molecule has 15 heteroatoms. The Morgan fingerprint density at radius 2 is 0.941 bits per heavy atom. The van der Waals surface area contributed by atoms with Crippen LogP contribution in [0.4, 0.5) is 0 Å². The molecule has 2 atom stereocenters. The first-order valence-electron chi connectivity index (χ1n) is 16.0. The topological polar surface area (TPSA) is 201 Å². The largest absolute Gasteiger partial charge is 0.480 e. The molecule has 0 spiro atoms. The number of carboxylic acids is 2. The third kappa shape index (κ3) is 12.4. The molecule has 0 bridgehead atoms. The number of para-hydroxylation sites is 2. The minimum Gasteiger partial charge on any atom is -0.480 e. The van der Waals surface area contributed by atoms with Crippen LogP contribution in [0, 0.1) is 0 Å². The number of carbonyl (C=O) groups excluding carboxylic acids is 2. The molecule has 0 aliphatic carbocycles. The van der Waals surface area contributed by atoms with Crippen LogP contribution in [0.15, 0.2) is 97.1 Å². The summed E-state index contributed by atoms with van der Waals surface area (Å²) in [6.45, 7) is -0.592. The molecule has 0 saturated carbocycles. The lowest BCUT2D eigenvalue weighted by Gasteiger charge is -2.15. The number of nitrogens with one attached hydrogen (secondary N) is 2. The molecule has 262 valence electrons. The van der Waals surface area contributed by atoms with Gasteiger partial charge < -0.3 is 45.1 Å². The number of carboxylic acid groups (broad SMARTS) is 2. The molecule has 0 aromatic heterocycles. The summed E-state index contributed by atoms with van der Waals surface area (Å²) in [7, 11) is 3.05. The fourth-order valence-corrected chi connectivity index (χ4v) is 4.69. The maximum atomic E-state index is 12.3. The van der Waals surface area contributed by atoms with E-state index in [1.807, 2.05) is 0 Å². The third-order valence-corrected chi connectivity index (χ3v) is 7.50. The Bertz CT molecular complexity index is 1640. The van der Waals surface area contributed by atoms with E-state index >= 15 is 0 Å². The van der Waals surface area contributed by atoms with Crippen molar-refractivity contribution in [2.24, 2.45) is 0 Å². The van der Waals surface area contributed by atoms with Crippen LogP contribution in [0.5, 0.6) is 23.0 Å². The van der Waals surface area contributed by atoms with Gasteiger partial charge in [0.05, 0.1) is 25.3 Å². The monoisotopic (exact) mass is 694 g/mol. The first-order valence-corrected chi connectivity index (χ1v) is 16.0. The molecule has 13 nitrogen and oxygen atoms in total. The van der Waals surface area contributed by atoms with Crippen LogP contribution in [0.25, 0.3) is 0 Å². The number of benzene rings is 4. The average Bonchev–Trinajstić information content (AvgIpc) is 3.13. The molecule has 0 saturated heterocycles. The molecule has 0 fully saturated rings. The van der Waals surface area contributed by atoms with Gasteiger partial charge in [-0.3, -0.25) is 19.2 Å². The van der Waals surface area contributed by atoms with Gasteiger partial charge in [0.15, 0.2) is 0 Å². The Labute approximate surface area is 295 Å². The lowest BCUT2D eigenvalue weighted by atomic mass is 9.81. The number of carbonyl (C=O) groups is 4. The van der Waals surface area contributed by atoms with Crippen LogP contribution in [-0.2, 0) is 32.4 Å². The van der Waals surface area contributed by atoms with Crippen LogP contribution in [-0.4, -0.2) is 71.2 Å². The van der Waals surface area contributed by atoms with E-state index in [0.29, 0.717) is 33.6 Å². The van der Waals surface area contributed by atoms with Crippen molar-refractivity contribution in [2.45, 2.75) is 51.0 Å². The summed E-state index contributed by atoms with van der Waals surface area (Å²) in [6.07, 6.45) is -0.362. The summed E-state index contributed by atoms with van der Waals surface area (Å²) < 4.78 is 16.4. The van der Waals surface area contributed by atoms with Crippen LogP contribution < -0.4 is 35.6 Å². The van der Waals surface area contributed by atoms with Crippen molar-refractivity contribution in [3.63, 3.8) is 0 Å². The van der Waals surface area contributed by atoms with Crippen molar-refractivity contribution in [1.29, 1.82) is 0 Å². The highest BCUT2D eigenvalue weighted by molar-refractivity contribution is 6.51. The van der Waals surface area contributed by atoms with Crippen molar-refractivity contribution in [2.75, 3.05) is 0 Å². The zero-order valence-corrected chi connectivity index (χ0v) is 27.4. The fraction of sp³-hybridized carbons (Fsp3) is 0.222. The number of rotatable bonds is 20. The van der Waals surface area contributed by atoms with E-state index in [1.54, 1.807) is 97.1 Å². The third-order valence-electron chi connectivity index (χ3n) is 7.50. The van der Waals surface area contributed by atoms with Crippen molar-refractivity contribution in [3.8, 4) is 23.0 Å². The van der Waals surface area contributed by atoms with Crippen molar-refractivity contribution in [3.05, 3.63) is 108 Å². The van der Waals surface area contributed by atoms with Gasteiger partial charge in [-0.25, -0.2) is 0 Å². The van der Waals surface area contributed by atoms with Gasteiger partial charge in [-0.15, -0.1) is 0 Å². The van der Waals surface area contributed by atoms with Gasteiger partial charge in [-0.1, -0.05) is 71.6 Å². The number of aliphatic hydroxyl groups is 2. The predicted molar refractivity (Wildman–Crippen MR) is 187 cm³/mol. The van der Waals surface area contributed by atoms with E-state index in [9.17, 15) is 39.6 Å². The zero-order valence-electron chi connectivity index (χ0n) is 27.4. The summed E-state index contributed by atoms with van der Waals surface area (Å²) in [4.78, 5) is 48.1. The number of hydrogen-bond donors (Lipinski definition) is 6. The van der Waals surface area contributed by atoms with Crippen molar-refractivity contribution >= 4 is 49.6 Å². The molecule has 4 rings (SSSR count). The Kier molecular flexibility index (Phi) is 14.8. The highest BCUT2D eigenvalue weighted by Crippen LogP contribution is 2.21. The zero-order chi connectivity index (χ0) is 36.6. The summed E-state index contributed by atoms with van der Waals surface area (Å²) in [5.74, 6) is -2.01. The molecule has 2 radical (unpaired) electrons. The van der Waals surface area contributed by atoms with Gasteiger partial charge in [0, 0.05) is 24.0 Å². The van der Waals surface area contributed by atoms with Gasteiger partial charge >= 0.3 is 23.9 Å². The second-order valence-electron chi connectivity index (χ2n) is 11.2. The van der Waals surface area contributed by atoms with E-state index in [0.717, 1.165) is 0 Å². The molecule has 0 amide bonds. The summed E-state index contributed by atoms with van der Waals surface area (Å²) in [5, 5.41) is 43.6. The summed E-state index contributed by atoms with van der Waals surface area (Å²) in [6, 6.07) is 24.7. The molecule has 6 N–H and O–H groups in total. The van der Waals surface area contributed by atoms with Gasteiger partial charge in [0.1, 0.15) is 23.0 Å². The van der Waals surface area contributed by atoms with Gasteiger partial charge in [0.2, 0.25) is 14.8 Å². The SMILES string of the molecule is O=C(CC[C@H](N[B]c1ccc(Oc2ccc([B]N[C@@H](CCC(=O)Oc3ccccc3CO)C(=O)O)cc2)cc1)C(=O)O)Oc1ccccc1CO. The predicted octanol–water partition coefficient (Wildman–Crippen LogP) is 1.81. The maximum Gasteiger partial charge on any atom is 0.319 e. The molecular formula is C36H36B2N2O11. The molecule has 0 aliphatic heterocycles. The Morgan fingerprint density at radius 1 is 0.569 bits per heavy atom. The van der Waals surface area contributed by atoms with Crippen LogP contribution in [0.2, 0.25) is 0 Å². The molecule has 0 aliphatic rings. The minimum atomic E-state index is -1.13. The smallest absolute Gasteiger partial charge is 0.319 e. The van der Waals surface area contributed by atoms with Gasteiger partial charge in [0.25, 0.3) is 0 Å². The standard InChI is InChI=1S/C36H36B2N2O11/c41-21-23-5-1-3-7-31(23)50-33(43)19-17-29(35(45)46)39-37-25-9-13-27(14-10-25)49-28-15-11-26(12-16-28)38-40-30(36(47)48)18-20-34(44)51-32-8-4-2-6-24(32)22-42/h1-16,29-30,39-42H,17-22H2,(H,45,46)(H,47,48)/t29-,30-/m0/s1. The first-order chi connectivity index (χ1) is 24.6. The number of hydrogen-bond acceptors (Lipinski definition) is 11. The molecule has 4 aromatic rings. The first kappa shape index (κ1) is 38.3. The molecule has 0 unspecified atom stereocenters. The Balaban J connectivity index is 1.20. The van der Waals surface area contributed by atoms with Crippen LogP contribution in [0.3, 0.4) is 0 Å². The maximum absolute atomic E-state index is 12.3. The van der Waals surface area contributed by atoms with Crippen molar-refractivity contribution in [1.82, 2.24) is 10.5 Å². The lowest BCUT2D eigenvalue weighted by molar-refractivity contribution is -0.141. The van der Waals surface area contributed by atoms with E-state index in [1.165, 1.54) is 14.8 Å². The number of ether oxygens (including phenoxy) is 3. The quantitative estimate of drug-likeness (QED) is 0.0445. The van der Waals surface area contributed by atoms with Crippen LogP contribution in [0.1, 0.15) is 36.8 Å². The van der Waals surface area contributed by atoms with Crippen LogP contribution >= 0.6 is 0 Å². The second-order valence-corrected chi connectivity index (χ2v) is 11.2. The van der Waals surface area contributed by atoms with E-state index in [-0.39, 0.29) is 50.4 Å². The number of esters is 2. The average molecular weight is 694 g/mol. The second kappa shape index (κ2) is 19.6. The molecule has 51 heavy (non-hydrogen) atoms. The molecule has 0 heterocycles. The van der Waals surface area contributed by atoms with Gasteiger partial charge in [-0.2, -0.15) is 0 Å². The number of aliphatic carboxylic acids is 2. The number of aliphatic hydroxyl groups excluding tert-OH is 2. The molecule has 4 aromatic carbocycles. The minimum absolute atomic E-state index is 0.0245. The summed E-state index contributed by atoms with van der Waals surface area (Å²) in [5.41, 5.74) is 2.24. The Morgan fingerprint density at radius 3 is 1.29 bits per heavy atom. The van der Waals surface area contributed by atoms with Gasteiger partial charge in [-0.05, 0) is 49.2 Å². The Hall–Kier alpha value is -5.47. The molecular weight excluding hydrogens is 658 g/mol.